The Labute approximate surface area is 190 Å². The maximum atomic E-state index is 14.9. The molecule has 0 unspecified atom stereocenters. The lowest BCUT2D eigenvalue weighted by Gasteiger charge is -2.16. The molecular weight excluding hydrogens is 424 g/mol. The molecule has 0 saturated carbocycles. The zero-order valence-corrected chi connectivity index (χ0v) is 18.4. The fraction of sp³-hybridized carbons (Fsp3) is 0.280. The summed E-state index contributed by atoms with van der Waals surface area (Å²) in [4.78, 5) is 11.0. The van der Waals surface area contributed by atoms with Crippen molar-refractivity contribution in [1.82, 2.24) is 19.4 Å². The molecule has 0 radical (unpaired) electrons. The molecular formula is C25H25F2N5O. The van der Waals surface area contributed by atoms with E-state index in [-0.39, 0.29) is 5.56 Å². The number of anilines is 2. The largest absolute Gasteiger partial charge is 0.380 e. The molecule has 170 valence electrons. The predicted molar refractivity (Wildman–Crippen MR) is 124 cm³/mol. The maximum Gasteiger partial charge on any atom is 0.229 e. The van der Waals surface area contributed by atoms with Crippen molar-refractivity contribution >= 4 is 22.7 Å². The van der Waals surface area contributed by atoms with Crippen LogP contribution in [0.2, 0.25) is 0 Å². The molecule has 8 heteroatoms. The van der Waals surface area contributed by atoms with Gasteiger partial charge in [0.15, 0.2) is 0 Å². The van der Waals surface area contributed by atoms with Gasteiger partial charge in [0.2, 0.25) is 5.95 Å². The van der Waals surface area contributed by atoms with Crippen LogP contribution in [0.5, 0.6) is 0 Å². The molecule has 1 aliphatic heterocycles. The van der Waals surface area contributed by atoms with Gasteiger partial charge in [-0.05, 0) is 61.8 Å². The Kier molecular flexibility index (Phi) is 6.02. The van der Waals surface area contributed by atoms with Gasteiger partial charge in [0.25, 0.3) is 0 Å². The van der Waals surface area contributed by atoms with Gasteiger partial charge in [-0.1, -0.05) is 12.1 Å². The van der Waals surface area contributed by atoms with E-state index in [2.05, 4.69) is 20.2 Å². The van der Waals surface area contributed by atoms with E-state index in [1.807, 2.05) is 30.3 Å². The number of nitrogens with one attached hydrogen (secondary N) is 1. The summed E-state index contributed by atoms with van der Waals surface area (Å²) in [7, 11) is 1.66. The van der Waals surface area contributed by atoms with Crippen molar-refractivity contribution < 1.29 is 13.5 Å². The molecule has 1 fully saturated rings. The second kappa shape index (κ2) is 9.25. The number of rotatable bonds is 7. The van der Waals surface area contributed by atoms with Crippen LogP contribution in [0.4, 0.5) is 20.4 Å². The second-order valence-corrected chi connectivity index (χ2v) is 8.28. The van der Waals surface area contributed by atoms with Crippen molar-refractivity contribution in [2.75, 3.05) is 25.5 Å². The number of likely N-dealkylation sites (tertiary alicyclic amines) is 1. The van der Waals surface area contributed by atoms with E-state index < -0.39 is 11.6 Å². The van der Waals surface area contributed by atoms with E-state index in [0.717, 1.165) is 42.6 Å². The van der Waals surface area contributed by atoms with Crippen molar-refractivity contribution in [3.63, 3.8) is 0 Å². The van der Waals surface area contributed by atoms with Crippen LogP contribution >= 0.6 is 0 Å². The molecule has 6 nitrogen and oxygen atoms in total. The van der Waals surface area contributed by atoms with Crippen LogP contribution in [0, 0.1) is 11.6 Å². The van der Waals surface area contributed by atoms with Gasteiger partial charge in [-0.3, -0.25) is 4.90 Å². The molecule has 3 heterocycles. The molecule has 2 aromatic carbocycles. The first kappa shape index (κ1) is 21.5. The highest BCUT2D eigenvalue weighted by molar-refractivity contribution is 5.78. The van der Waals surface area contributed by atoms with E-state index in [4.69, 9.17) is 4.74 Å². The van der Waals surface area contributed by atoms with E-state index in [9.17, 15) is 8.78 Å². The van der Waals surface area contributed by atoms with E-state index in [0.29, 0.717) is 30.4 Å². The molecule has 1 aliphatic rings. The van der Waals surface area contributed by atoms with Crippen molar-refractivity contribution in [1.29, 1.82) is 0 Å². The normalized spacial score (nSPS) is 14.3. The summed E-state index contributed by atoms with van der Waals surface area (Å²) in [6, 6.07) is 12.3. The highest BCUT2D eigenvalue weighted by Crippen LogP contribution is 2.25. The Morgan fingerprint density at radius 3 is 2.45 bits per heavy atom. The summed E-state index contributed by atoms with van der Waals surface area (Å²) in [6.45, 7) is 2.60. The Morgan fingerprint density at radius 1 is 1.03 bits per heavy atom. The van der Waals surface area contributed by atoms with Gasteiger partial charge in [-0.2, -0.15) is 4.98 Å². The highest BCUT2D eigenvalue weighted by Gasteiger charge is 2.19. The fourth-order valence-electron chi connectivity index (χ4n) is 4.21. The zero-order valence-electron chi connectivity index (χ0n) is 18.4. The lowest BCUT2D eigenvalue weighted by molar-refractivity contribution is 0.185. The van der Waals surface area contributed by atoms with Gasteiger partial charge in [-0.15, -0.1) is 0 Å². The van der Waals surface area contributed by atoms with Crippen molar-refractivity contribution in [3.8, 4) is 5.69 Å². The summed E-state index contributed by atoms with van der Waals surface area (Å²) < 4.78 is 36.6. The number of benzene rings is 2. The van der Waals surface area contributed by atoms with Crippen molar-refractivity contribution in [2.45, 2.75) is 26.0 Å². The smallest absolute Gasteiger partial charge is 0.229 e. The summed E-state index contributed by atoms with van der Waals surface area (Å²) in [5, 5.41) is 3.95. The SMILES string of the molecule is COCc1ccc(Nc2ncc3ccn(-c4cc(F)c(CN5CCCC5)c(F)c4)c3n2)cc1. The van der Waals surface area contributed by atoms with Gasteiger partial charge < -0.3 is 14.6 Å². The molecule has 1 saturated heterocycles. The summed E-state index contributed by atoms with van der Waals surface area (Å²) in [5.74, 6) is -0.682. The molecule has 1 N–H and O–H groups in total. The number of aromatic nitrogens is 3. The van der Waals surface area contributed by atoms with E-state index >= 15 is 0 Å². The highest BCUT2D eigenvalue weighted by atomic mass is 19.1. The van der Waals surface area contributed by atoms with Crippen LogP contribution in [0.25, 0.3) is 16.7 Å². The van der Waals surface area contributed by atoms with Crippen molar-refractivity contribution in [2.24, 2.45) is 0 Å². The lowest BCUT2D eigenvalue weighted by atomic mass is 10.1. The standard InChI is InChI=1S/C25H25F2N5O/c1-33-16-17-4-6-19(7-5-17)29-25-28-14-18-8-11-32(24(18)30-25)20-12-22(26)21(23(27)13-20)15-31-9-2-3-10-31/h4-8,11-14H,2-3,9-10,15-16H2,1H3,(H,28,29,30). The van der Waals surface area contributed by atoms with Gasteiger partial charge in [0.05, 0.1) is 12.3 Å². The molecule has 5 rings (SSSR count). The van der Waals surface area contributed by atoms with Crippen LogP contribution in [-0.2, 0) is 17.9 Å². The van der Waals surface area contributed by atoms with Crippen LogP contribution in [0.3, 0.4) is 0 Å². The molecule has 4 aromatic rings. The topological polar surface area (TPSA) is 55.2 Å². The Hall–Kier alpha value is -3.36. The van der Waals surface area contributed by atoms with E-state index in [1.54, 1.807) is 24.1 Å². The molecule has 0 spiro atoms. The van der Waals surface area contributed by atoms with Gasteiger partial charge >= 0.3 is 0 Å². The van der Waals surface area contributed by atoms with Crippen LogP contribution in [-0.4, -0.2) is 39.6 Å². The number of halogens is 2. The number of ether oxygens (including phenoxy) is 1. The summed E-state index contributed by atoms with van der Waals surface area (Å²) in [5.41, 5.74) is 2.96. The van der Waals surface area contributed by atoms with Crippen LogP contribution in [0.1, 0.15) is 24.0 Å². The first-order chi connectivity index (χ1) is 16.1. The quantitative estimate of drug-likeness (QED) is 0.421. The summed E-state index contributed by atoms with van der Waals surface area (Å²) >= 11 is 0. The predicted octanol–water partition coefficient (Wildman–Crippen LogP) is 5.18. The average molecular weight is 450 g/mol. The third-order valence-electron chi connectivity index (χ3n) is 5.93. The first-order valence-corrected chi connectivity index (χ1v) is 11.0. The fourth-order valence-corrected chi connectivity index (χ4v) is 4.21. The van der Waals surface area contributed by atoms with Gasteiger partial charge in [0, 0.05) is 42.7 Å². The minimum atomic E-state index is -0.540. The van der Waals surface area contributed by atoms with Crippen LogP contribution < -0.4 is 5.32 Å². The minimum absolute atomic E-state index is 0.117. The zero-order chi connectivity index (χ0) is 22.8. The number of methoxy groups -OCH3 is 1. The maximum absolute atomic E-state index is 14.9. The number of hydrogen-bond acceptors (Lipinski definition) is 5. The Bertz CT molecular complexity index is 1240. The third-order valence-corrected chi connectivity index (χ3v) is 5.93. The van der Waals surface area contributed by atoms with E-state index in [1.165, 1.54) is 12.1 Å². The van der Waals surface area contributed by atoms with Gasteiger partial charge in [-0.25, -0.2) is 13.8 Å². The Balaban J connectivity index is 1.42. The monoisotopic (exact) mass is 449 g/mol. The minimum Gasteiger partial charge on any atom is -0.380 e. The number of fused-ring (bicyclic) bond motifs is 1. The molecule has 0 aliphatic carbocycles. The summed E-state index contributed by atoms with van der Waals surface area (Å²) in [6.07, 6.45) is 5.58. The first-order valence-electron chi connectivity index (χ1n) is 11.0. The third kappa shape index (κ3) is 4.58. The number of nitrogens with zero attached hydrogens (tertiary/aromatic N) is 4. The molecule has 0 atom stereocenters. The Morgan fingerprint density at radius 2 is 1.76 bits per heavy atom. The van der Waals surface area contributed by atoms with Crippen LogP contribution in [0.15, 0.2) is 54.9 Å². The molecule has 33 heavy (non-hydrogen) atoms. The van der Waals surface area contributed by atoms with Crippen molar-refractivity contribution in [3.05, 3.63) is 77.6 Å². The average Bonchev–Trinajstić information content (AvgIpc) is 3.47. The molecule has 2 aromatic heterocycles. The second-order valence-electron chi connectivity index (χ2n) is 8.28. The number of hydrogen-bond donors (Lipinski definition) is 1. The van der Waals surface area contributed by atoms with Gasteiger partial charge in [0.1, 0.15) is 17.3 Å². The molecule has 0 bridgehead atoms. The molecule has 0 amide bonds. The lowest BCUT2D eigenvalue weighted by Crippen LogP contribution is -2.20.